The topological polar surface area (TPSA) is 72.3 Å². The van der Waals surface area contributed by atoms with Gasteiger partial charge >= 0.3 is 0 Å². The third kappa shape index (κ3) is 5.38. The lowest BCUT2D eigenvalue weighted by molar-refractivity contribution is -0.122. The number of rotatable bonds is 8. The Morgan fingerprint density at radius 3 is 3.18 bits per heavy atom. The summed E-state index contributed by atoms with van der Waals surface area (Å²) in [6.07, 6.45) is 4.85. The van der Waals surface area contributed by atoms with Gasteiger partial charge in [-0.05, 0) is 25.3 Å². The first-order chi connectivity index (χ1) is 10.7. The Morgan fingerprint density at radius 1 is 1.55 bits per heavy atom. The minimum atomic E-state index is 0.0945. The average Bonchev–Trinajstić information content (AvgIpc) is 2.92. The van der Waals surface area contributed by atoms with Crippen LogP contribution in [-0.4, -0.2) is 65.5 Å². The maximum Gasteiger partial charge on any atom is 0.234 e. The first-order valence-electron chi connectivity index (χ1n) is 8.03. The summed E-state index contributed by atoms with van der Waals surface area (Å²) in [5.74, 6) is 1.67. The fraction of sp³-hybridized carbons (Fsp3) is 0.800. The summed E-state index contributed by atoms with van der Waals surface area (Å²) in [6.45, 7) is 6.76. The van der Waals surface area contributed by atoms with E-state index in [-0.39, 0.29) is 5.91 Å². The fourth-order valence-electron chi connectivity index (χ4n) is 2.85. The lowest BCUT2D eigenvalue weighted by atomic mass is 10.0. The van der Waals surface area contributed by atoms with E-state index in [1.165, 1.54) is 12.8 Å². The Labute approximate surface area is 132 Å². The number of hydrogen-bond donors (Lipinski definition) is 1. The van der Waals surface area contributed by atoms with Crippen molar-refractivity contribution < 1.29 is 9.53 Å². The molecule has 0 aliphatic carbocycles. The fourth-order valence-corrected chi connectivity index (χ4v) is 2.85. The van der Waals surface area contributed by atoms with Gasteiger partial charge in [0.1, 0.15) is 12.2 Å². The zero-order valence-corrected chi connectivity index (χ0v) is 13.6. The summed E-state index contributed by atoms with van der Waals surface area (Å²) in [6, 6.07) is 0. The Morgan fingerprint density at radius 2 is 2.41 bits per heavy atom. The van der Waals surface area contributed by atoms with Gasteiger partial charge in [0, 0.05) is 33.2 Å². The van der Waals surface area contributed by atoms with E-state index in [9.17, 15) is 4.79 Å². The van der Waals surface area contributed by atoms with E-state index in [1.807, 2.05) is 4.57 Å². The molecule has 0 bridgehead atoms. The molecule has 1 atom stereocenters. The van der Waals surface area contributed by atoms with Crippen molar-refractivity contribution in [1.29, 1.82) is 0 Å². The highest BCUT2D eigenvalue weighted by atomic mass is 16.5. The number of nitrogens with one attached hydrogen (secondary N) is 1. The van der Waals surface area contributed by atoms with Crippen LogP contribution in [-0.2, 0) is 22.5 Å². The summed E-state index contributed by atoms with van der Waals surface area (Å²) >= 11 is 0. The first-order valence-corrected chi connectivity index (χ1v) is 8.03. The van der Waals surface area contributed by atoms with Gasteiger partial charge in [-0.2, -0.15) is 0 Å². The van der Waals surface area contributed by atoms with Crippen LogP contribution >= 0.6 is 0 Å². The Balaban J connectivity index is 1.67. The van der Waals surface area contributed by atoms with Crippen molar-refractivity contribution in [2.75, 3.05) is 39.9 Å². The molecule has 1 aromatic heterocycles. The van der Waals surface area contributed by atoms with E-state index in [4.69, 9.17) is 4.74 Å². The van der Waals surface area contributed by atoms with Crippen LogP contribution in [0.2, 0.25) is 0 Å². The SMILES string of the molecule is COCCn1cnnc1CCNC(=O)CN1CCC[C@H](C)C1. The summed E-state index contributed by atoms with van der Waals surface area (Å²) in [4.78, 5) is 14.2. The Hall–Kier alpha value is -1.47. The third-order valence-electron chi connectivity index (χ3n) is 4.01. The molecule has 1 aromatic rings. The number of piperidine rings is 1. The molecule has 7 nitrogen and oxygen atoms in total. The smallest absolute Gasteiger partial charge is 0.234 e. The number of aromatic nitrogens is 3. The molecule has 1 amide bonds. The highest BCUT2D eigenvalue weighted by molar-refractivity contribution is 5.78. The number of amides is 1. The number of nitrogens with zero attached hydrogens (tertiary/aromatic N) is 4. The van der Waals surface area contributed by atoms with Crippen LogP contribution in [0.15, 0.2) is 6.33 Å². The van der Waals surface area contributed by atoms with Gasteiger partial charge in [-0.15, -0.1) is 10.2 Å². The molecule has 1 saturated heterocycles. The van der Waals surface area contributed by atoms with Crippen LogP contribution in [0.25, 0.3) is 0 Å². The lowest BCUT2D eigenvalue weighted by Gasteiger charge is -2.30. The highest BCUT2D eigenvalue weighted by Crippen LogP contribution is 2.14. The largest absolute Gasteiger partial charge is 0.383 e. The molecular formula is C15H27N5O2. The van der Waals surface area contributed by atoms with Crippen molar-refractivity contribution >= 4 is 5.91 Å². The predicted molar refractivity (Wildman–Crippen MR) is 83.4 cm³/mol. The van der Waals surface area contributed by atoms with Crippen LogP contribution in [0.5, 0.6) is 0 Å². The van der Waals surface area contributed by atoms with Crippen LogP contribution in [0.4, 0.5) is 0 Å². The van der Waals surface area contributed by atoms with E-state index in [2.05, 4.69) is 27.3 Å². The molecule has 2 heterocycles. The summed E-state index contributed by atoms with van der Waals surface area (Å²) in [5, 5.41) is 11.0. The molecule has 7 heteroatoms. The molecule has 1 N–H and O–H groups in total. The van der Waals surface area contributed by atoms with E-state index >= 15 is 0 Å². The van der Waals surface area contributed by atoms with Gasteiger partial charge in [0.2, 0.25) is 5.91 Å². The van der Waals surface area contributed by atoms with Crippen molar-refractivity contribution in [2.45, 2.75) is 32.7 Å². The van der Waals surface area contributed by atoms with Crippen LogP contribution in [0.1, 0.15) is 25.6 Å². The summed E-state index contributed by atoms with van der Waals surface area (Å²) < 4.78 is 7.01. The van der Waals surface area contributed by atoms with Crippen LogP contribution < -0.4 is 5.32 Å². The monoisotopic (exact) mass is 309 g/mol. The number of carbonyl (C=O) groups excluding carboxylic acids is 1. The molecule has 0 aromatic carbocycles. The molecule has 1 fully saturated rings. The van der Waals surface area contributed by atoms with Crippen LogP contribution in [0.3, 0.4) is 0 Å². The third-order valence-corrected chi connectivity index (χ3v) is 4.01. The normalized spacial score (nSPS) is 19.3. The minimum Gasteiger partial charge on any atom is -0.383 e. The van der Waals surface area contributed by atoms with Crippen molar-refractivity contribution in [3.05, 3.63) is 12.2 Å². The Bertz CT molecular complexity index is 463. The second-order valence-corrected chi connectivity index (χ2v) is 6.02. The molecule has 0 saturated carbocycles. The van der Waals surface area contributed by atoms with Gasteiger partial charge in [0.15, 0.2) is 0 Å². The minimum absolute atomic E-state index is 0.0945. The van der Waals surface area contributed by atoms with E-state index in [0.29, 0.717) is 32.0 Å². The standard InChI is InChI=1S/C15H27N5O2/c1-13-4-3-7-19(10-13)11-15(21)16-6-5-14-18-17-12-20(14)8-9-22-2/h12-13H,3-11H2,1-2H3,(H,16,21)/t13-/m0/s1. The molecule has 0 radical (unpaired) electrons. The van der Waals surface area contributed by atoms with Crippen molar-refractivity contribution in [3.8, 4) is 0 Å². The number of methoxy groups -OCH3 is 1. The van der Waals surface area contributed by atoms with Gasteiger partial charge in [-0.1, -0.05) is 6.92 Å². The van der Waals surface area contributed by atoms with Gasteiger partial charge in [0.25, 0.3) is 0 Å². The second kappa shape index (κ2) is 8.85. The van der Waals surface area contributed by atoms with Gasteiger partial charge < -0.3 is 14.6 Å². The molecule has 1 aliphatic rings. The average molecular weight is 309 g/mol. The Kier molecular flexibility index (Phi) is 6.79. The molecule has 1 aliphatic heterocycles. The van der Waals surface area contributed by atoms with Crippen molar-refractivity contribution in [2.24, 2.45) is 5.92 Å². The van der Waals surface area contributed by atoms with Gasteiger partial charge in [-0.3, -0.25) is 9.69 Å². The second-order valence-electron chi connectivity index (χ2n) is 6.02. The zero-order valence-electron chi connectivity index (χ0n) is 13.6. The molecule has 124 valence electrons. The maximum absolute atomic E-state index is 12.0. The van der Waals surface area contributed by atoms with E-state index < -0.39 is 0 Å². The highest BCUT2D eigenvalue weighted by Gasteiger charge is 2.18. The van der Waals surface area contributed by atoms with Crippen molar-refractivity contribution in [1.82, 2.24) is 25.0 Å². The first kappa shape index (κ1) is 16.9. The van der Waals surface area contributed by atoms with Crippen LogP contribution in [0, 0.1) is 5.92 Å². The van der Waals surface area contributed by atoms with Crippen molar-refractivity contribution in [3.63, 3.8) is 0 Å². The number of carbonyl (C=O) groups is 1. The van der Waals surface area contributed by atoms with Gasteiger partial charge in [-0.25, -0.2) is 0 Å². The predicted octanol–water partition coefficient (Wildman–Crippen LogP) is 0.315. The summed E-state index contributed by atoms with van der Waals surface area (Å²) in [5.41, 5.74) is 0. The van der Waals surface area contributed by atoms with E-state index in [1.54, 1.807) is 13.4 Å². The number of likely N-dealkylation sites (tertiary alicyclic amines) is 1. The molecule has 22 heavy (non-hydrogen) atoms. The zero-order chi connectivity index (χ0) is 15.8. The number of ether oxygens (including phenoxy) is 1. The molecule has 0 spiro atoms. The lowest BCUT2D eigenvalue weighted by Crippen LogP contribution is -2.42. The quantitative estimate of drug-likeness (QED) is 0.748. The van der Waals surface area contributed by atoms with E-state index in [0.717, 1.165) is 25.5 Å². The maximum atomic E-state index is 12.0. The molecule has 2 rings (SSSR count). The molecule has 0 unspecified atom stereocenters. The summed E-state index contributed by atoms with van der Waals surface area (Å²) in [7, 11) is 1.67. The van der Waals surface area contributed by atoms with Gasteiger partial charge in [0.05, 0.1) is 13.2 Å². The number of hydrogen-bond acceptors (Lipinski definition) is 5. The molecular weight excluding hydrogens is 282 g/mol.